The average Bonchev–Trinajstić information content (AvgIpc) is 2.81. The van der Waals surface area contributed by atoms with Gasteiger partial charge < -0.3 is 9.47 Å². The molecule has 0 saturated carbocycles. The fourth-order valence-corrected chi connectivity index (χ4v) is 2.21. The predicted molar refractivity (Wildman–Crippen MR) is 75.0 cm³/mol. The SMILES string of the molecule is C1=CC=CC=C(OC2=CC=C3OCCCC3=CC2)C=1. The molecule has 2 heteroatoms. The van der Waals surface area contributed by atoms with Crippen molar-refractivity contribution in [2.75, 3.05) is 6.61 Å². The fourth-order valence-electron chi connectivity index (χ4n) is 2.21. The molecule has 1 heterocycles. The number of rotatable bonds is 2. The molecule has 0 spiro atoms. The van der Waals surface area contributed by atoms with Gasteiger partial charge >= 0.3 is 0 Å². The summed E-state index contributed by atoms with van der Waals surface area (Å²) < 4.78 is 11.5. The van der Waals surface area contributed by atoms with Crippen LogP contribution in [0.1, 0.15) is 19.3 Å². The highest BCUT2D eigenvalue weighted by atomic mass is 16.5. The molecule has 3 aliphatic rings. The molecule has 2 aliphatic carbocycles. The lowest BCUT2D eigenvalue weighted by atomic mass is 10.1. The normalized spacial score (nSPS) is 21.1. The Bertz CT molecular complexity index is 576. The van der Waals surface area contributed by atoms with Gasteiger partial charge in [-0.25, -0.2) is 0 Å². The van der Waals surface area contributed by atoms with Gasteiger partial charge in [0.2, 0.25) is 0 Å². The molecule has 0 aromatic carbocycles. The minimum atomic E-state index is 0.803. The second-order valence-electron chi connectivity index (χ2n) is 4.58. The van der Waals surface area contributed by atoms with E-state index in [4.69, 9.17) is 9.47 Å². The Morgan fingerprint density at radius 1 is 1.16 bits per heavy atom. The van der Waals surface area contributed by atoms with E-state index >= 15 is 0 Å². The zero-order valence-electron chi connectivity index (χ0n) is 10.8. The Hall–Kier alpha value is -2.18. The quantitative estimate of drug-likeness (QED) is 0.689. The monoisotopic (exact) mass is 252 g/mol. The van der Waals surface area contributed by atoms with Crippen LogP contribution in [0.5, 0.6) is 0 Å². The van der Waals surface area contributed by atoms with Gasteiger partial charge in [0, 0.05) is 12.5 Å². The van der Waals surface area contributed by atoms with E-state index in [1.807, 2.05) is 42.5 Å². The van der Waals surface area contributed by atoms with E-state index in [2.05, 4.69) is 11.8 Å². The highest BCUT2D eigenvalue weighted by Crippen LogP contribution is 2.28. The van der Waals surface area contributed by atoms with Gasteiger partial charge in [-0.3, -0.25) is 0 Å². The molecule has 0 amide bonds. The molecule has 0 aromatic rings. The van der Waals surface area contributed by atoms with Gasteiger partial charge in [-0.15, -0.1) is 5.73 Å². The summed E-state index contributed by atoms with van der Waals surface area (Å²) >= 11 is 0. The Kier molecular flexibility index (Phi) is 3.53. The van der Waals surface area contributed by atoms with E-state index in [0.29, 0.717) is 0 Å². The van der Waals surface area contributed by atoms with Crippen LogP contribution in [-0.2, 0) is 9.47 Å². The van der Waals surface area contributed by atoms with E-state index in [9.17, 15) is 0 Å². The molecule has 0 N–H and O–H groups in total. The lowest BCUT2D eigenvalue weighted by molar-refractivity contribution is 0.194. The van der Waals surface area contributed by atoms with Crippen LogP contribution >= 0.6 is 0 Å². The van der Waals surface area contributed by atoms with Crippen molar-refractivity contribution < 1.29 is 9.47 Å². The second kappa shape index (κ2) is 5.64. The third kappa shape index (κ3) is 2.98. The zero-order valence-corrected chi connectivity index (χ0v) is 10.8. The van der Waals surface area contributed by atoms with Gasteiger partial charge in [0.05, 0.1) is 6.61 Å². The molecule has 0 bridgehead atoms. The largest absolute Gasteiger partial charge is 0.493 e. The van der Waals surface area contributed by atoms with Crippen molar-refractivity contribution in [3.05, 3.63) is 77.2 Å². The third-order valence-electron chi connectivity index (χ3n) is 3.17. The molecule has 1 aliphatic heterocycles. The van der Waals surface area contributed by atoms with Crippen molar-refractivity contribution in [2.45, 2.75) is 19.3 Å². The van der Waals surface area contributed by atoms with Crippen LogP contribution in [0.2, 0.25) is 0 Å². The Balaban J connectivity index is 1.76. The van der Waals surface area contributed by atoms with E-state index < -0.39 is 0 Å². The first-order valence-corrected chi connectivity index (χ1v) is 6.62. The first-order chi connectivity index (χ1) is 9.42. The highest BCUT2D eigenvalue weighted by molar-refractivity contribution is 5.36. The highest BCUT2D eigenvalue weighted by Gasteiger charge is 2.15. The first-order valence-electron chi connectivity index (χ1n) is 6.62. The van der Waals surface area contributed by atoms with Crippen molar-refractivity contribution in [3.63, 3.8) is 0 Å². The maximum Gasteiger partial charge on any atom is 0.134 e. The minimum absolute atomic E-state index is 0.803. The Morgan fingerprint density at radius 3 is 3.16 bits per heavy atom. The number of ether oxygens (including phenoxy) is 2. The second-order valence-corrected chi connectivity index (χ2v) is 4.58. The van der Waals surface area contributed by atoms with Crippen LogP contribution in [0.3, 0.4) is 0 Å². The average molecular weight is 252 g/mol. The van der Waals surface area contributed by atoms with Crippen molar-refractivity contribution in [3.8, 4) is 0 Å². The Labute approximate surface area is 113 Å². The van der Waals surface area contributed by atoms with Crippen LogP contribution in [0, 0.1) is 0 Å². The van der Waals surface area contributed by atoms with Gasteiger partial charge in [0.1, 0.15) is 17.3 Å². The lowest BCUT2D eigenvalue weighted by Gasteiger charge is -2.18. The number of fused-ring (bicyclic) bond motifs is 1. The van der Waals surface area contributed by atoms with Crippen molar-refractivity contribution >= 4 is 0 Å². The van der Waals surface area contributed by atoms with Gasteiger partial charge in [-0.05, 0) is 42.7 Å². The van der Waals surface area contributed by atoms with Crippen LogP contribution in [-0.4, -0.2) is 6.61 Å². The van der Waals surface area contributed by atoms with E-state index in [-0.39, 0.29) is 0 Å². The molecule has 0 radical (unpaired) electrons. The summed E-state index contributed by atoms with van der Waals surface area (Å²) in [6.07, 6.45) is 18.7. The molecule has 3 rings (SSSR count). The summed E-state index contributed by atoms with van der Waals surface area (Å²) in [4.78, 5) is 0. The molecular formula is C17H16O2. The van der Waals surface area contributed by atoms with Crippen LogP contribution < -0.4 is 0 Å². The summed E-state index contributed by atoms with van der Waals surface area (Å²) in [5, 5.41) is 0. The summed E-state index contributed by atoms with van der Waals surface area (Å²) in [6, 6.07) is 0. The van der Waals surface area contributed by atoms with E-state index in [0.717, 1.165) is 43.1 Å². The number of hydrogen-bond acceptors (Lipinski definition) is 2. The summed E-state index contributed by atoms with van der Waals surface area (Å²) in [5.74, 6) is 2.73. The molecule has 0 aromatic heterocycles. The number of allylic oxidation sites excluding steroid dienone is 8. The third-order valence-corrected chi connectivity index (χ3v) is 3.17. The molecule has 0 atom stereocenters. The van der Waals surface area contributed by atoms with Crippen molar-refractivity contribution in [1.29, 1.82) is 0 Å². The molecule has 0 unspecified atom stereocenters. The first kappa shape index (κ1) is 11.9. The van der Waals surface area contributed by atoms with Crippen LogP contribution in [0.15, 0.2) is 77.2 Å². The molecule has 2 nitrogen and oxygen atoms in total. The van der Waals surface area contributed by atoms with Crippen LogP contribution in [0.25, 0.3) is 0 Å². The standard InChI is InChI=1S/C17H16O2/c1-2-4-8-15(7-3-1)19-16-10-9-14-6-5-13-18-17(14)12-11-16/h1-3,7-9,11-12H,5-6,10,13H2. The molecule has 96 valence electrons. The fraction of sp³-hybridized carbons (Fsp3) is 0.235. The molecular weight excluding hydrogens is 236 g/mol. The van der Waals surface area contributed by atoms with Gasteiger partial charge in [-0.1, -0.05) is 18.2 Å². The van der Waals surface area contributed by atoms with Gasteiger partial charge in [0.15, 0.2) is 0 Å². The maximum absolute atomic E-state index is 5.89. The smallest absolute Gasteiger partial charge is 0.134 e. The minimum Gasteiger partial charge on any atom is -0.493 e. The van der Waals surface area contributed by atoms with Crippen molar-refractivity contribution in [2.24, 2.45) is 0 Å². The van der Waals surface area contributed by atoms with E-state index in [1.54, 1.807) is 0 Å². The maximum atomic E-state index is 5.89. The van der Waals surface area contributed by atoms with E-state index in [1.165, 1.54) is 5.57 Å². The summed E-state index contributed by atoms with van der Waals surface area (Å²) in [7, 11) is 0. The molecule has 1 saturated heterocycles. The van der Waals surface area contributed by atoms with Gasteiger partial charge in [-0.2, -0.15) is 0 Å². The topological polar surface area (TPSA) is 18.5 Å². The number of hydrogen-bond donors (Lipinski definition) is 0. The van der Waals surface area contributed by atoms with Gasteiger partial charge in [0.25, 0.3) is 0 Å². The molecule has 19 heavy (non-hydrogen) atoms. The zero-order chi connectivity index (χ0) is 12.9. The summed E-state index contributed by atoms with van der Waals surface area (Å²) in [5.41, 5.74) is 4.34. The van der Waals surface area contributed by atoms with Crippen molar-refractivity contribution in [1.82, 2.24) is 0 Å². The Morgan fingerprint density at radius 2 is 2.16 bits per heavy atom. The van der Waals surface area contributed by atoms with Crippen LogP contribution in [0.4, 0.5) is 0 Å². The lowest BCUT2D eigenvalue weighted by Crippen LogP contribution is -2.05. The molecule has 1 fully saturated rings. The summed E-state index contributed by atoms with van der Waals surface area (Å²) in [6.45, 7) is 0.816. The predicted octanol–water partition coefficient (Wildman–Crippen LogP) is 4.08.